The average Bonchev–Trinajstić information content (AvgIpc) is 1.31. The molecule has 0 amide bonds. The van der Waals surface area contributed by atoms with E-state index in [1.165, 1.54) is 6.92 Å². The third-order valence-corrected chi connectivity index (χ3v) is 0.907. The largest absolute Gasteiger partial charge is 0.344 e. The van der Waals surface area contributed by atoms with Crippen molar-refractivity contribution in [2.45, 2.75) is 26.3 Å². The van der Waals surface area contributed by atoms with Gasteiger partial charge in [0, 0.05) is 0 Å². The molecule has 0 fully saturated rings. The first-order valence-electron chi connectivity index (χ1n) is 2.24. The van der Waals surface area contributed by atoms with Gasteiger partial charge in [-0.15, -0.1) is 24.8 Å². The number of halogens is 2. The van der Waals surface area contributed by atoms with Crippen LogP contribution in [0.15, 0.2) is 0 Å². The molecule has 0 aliphatic rings. The van der Waals surface area contributed by atoms with Crippen LogP contribution in [0.25, 0.3) is 0 Å². The van der Waals surface area contributed by atoms with E-state index in [9.17, 15) is 4.79 Å². The lowest BCUT2D eigenvalue weighted by molar-refractivity contribution is -0.120. The number of hydrogen-bond acceptors (Lipinski definition) is 3. The van der Waals surface area contributed by atoms with Crippen LogP contribution in [0.1, 0.15) is 20.8 Å². The van der Waals surface area contributed by atoms with Crippen LogP contribution in [0, 0.1) is 0 Å². The van der Waals surface area contributed by atoms with Crippen LogP contribution in [0.5, 0.6) is 0 Å². The highest BCUT2D eigenvalue weighted by atomic mass is 35.5. The molecule has 0 unspecified atom stereocenters. The van der Waals surface area contributed by atoms with Crippen LogP contribution in [0.4, 0.5) is 0 Å². The first-order chi connectivity index (χ1) is 2.94. The van der Waals surface area contributed by atoms with Crippen molar-refractivity contribution in [2.24, 2.45) is 5.73 Å². The molecule has 0 aromatic carbocycles. The van der Waals surface area contributed by atoms with Gasteiger partial charge in [0.1, 0.15) is 5.78 Å². The number of rotatable bonds is 1. The molecule has 0 heterocycles. The second-order valence-electron chi connectivity index (χ2n) is 2.28. The van der Waals surface area contributed by atoms with Crippen molar-refractivity contribution in [1.29, 1.82) is 0 Å². The number of Topliss-reactive ketones (excluding diaryl/α,β-unsaturated/α-hetero) is 1. The summed E-state index contributed by atoms with van der Waals surface area (Å²) < 4.78 is 0. The number of nitrogens with two attached hydrogens (primary N) is 1. The molecule has 3 nitrogen and oxygen atoms in total. The van der Waals surface area contributed by atoms with E-state index < -0.39 is 5.54 Å². The van der Waals surface area contributed by atoms with E-state index in [-0.39, 0.29) is 36.7 Å². The Hall–Kier alpha value is 0.170. The topological polar surface area (TPSA) is 78.1 Å². The summed E-state index contributed by atoms with van der Waals surface area (Å²) >= 11 is 0. The lowest BCUT2D eigenvalue weighted by Crippen LogP contribution is -2.39. The van der Waals surface area contributed by atoms with Crippen LogP contribution in [-0.4, -0.2) is 11.3 Å². The number of hydrogen-bond donors (Lipinski definition) is 2. The molecule has 10 heavy (non-hydrogen) atoms. The van der Waals surface area contributed by atoms with Crippen molar-refractivity contribution in [2.75, 3.05) is 0 Å². The number of carbonyl (C=O) groups excluding carboxylic acids is 1. The standard InChI is InChI=1S/C5H11NO.2ClH.H3N/c1-4(7)5(2,3)6;;;/h6H2,1-3H3;2*1H;1H3. The Labute approximate surface area is 74.1 Å². The predicted octanol–water partition coefficient (Wildman–Crippen LogP) is 1.32. The molecule has 0 saturated heterocycles. The zero-order chi connectivity index (χ0) is 6.08. The lowest BCUT2D eigenvalue weighted by Gasteiger charge is -2.11. The van der Waals surface area contributed by atoms with Gasteiger partial charge in [-0.05, 0) is 20.8 Å². The molecular weight excluding hydrogens is 175 g/mol. The quantitative estimate of drug-likeness (QED) is 0.655. The molecule has 0 atom stereocenters. The average molecular weight is 191 g/mol. The Bertz CT molecular complexity index is 90.1. The fourth-order valence-electron chi connectivity index (χ4n) is 0. The highest BCUT2D eigenvalue weighted by molar-refractivity contribution is 5.85. The summed E-state index contributed by atoms with van der Waals surface area (Å²) in [6.45, 7) is 4.87. The van der Waals surface area contributed by atoms with Crippen molar-refractivity contribution < 1.29 is 4.79 Å². The molecule has 0 rings (SSSR count). The maximum absolute atomic E-state index is 10.3. The molecule has 0 saturated carbocycles. The summed E-state index contributed by atoms with van der Waals surface area (Å²) in [7, 11) is 0. The van der Waals surface area contributed by atoms with Crippen molar-refractivity contribution >= 4 is 30.6 Å². The lowest BCUT2D eigenvalue weighted by atomic mass is 10.0. The molecule has 5 N–H and O–H groups in total. The highest BCUT2D eigenvalue weighted by Gasteiger charge is 2.15. The molecule has 0 aliphatic heterocycles. The second-order valence-corrected chi connectivity index (χ2v) is 2.28. The third kappa shape index (κ3) is 11.0. The third-order valence-electron chi connectivity index (χ3n) is 0.907. The second kappa shape index (κ2) is 7.28. The van der Waals surface area contributed by atoms with Gasteiger partial charge in [-0.25, -0.2) is 0 Å². The first kappa shape index (κ1) is 22.5. The van der Waals surface area contributed by atoms with E-state index in [0.717, 1.165) is 0 Å². The van der Waals surface area contributed by atoms with E-state index in [0.29, 0.717) is 0 Å². The number of carbonyl (C=O) groups is 1. The molecular formula is C5H16Cl2N2O. The molecule has 0 radical (unpaired) electrons. The minimum absolute atomic E-state index is 0. The van der Waals surface area contributed by atoms with Gasteiger partial charge in [0.2, 0.25) is 0 Å². The zero-order valence-electron chi connectivity index (χ0n) is 6.51. The Balaban J connectivity index is -0.0000000600. The maximum Gasteiger partial charge on any atom is 0.149 e. The normalized spacial score (nSPS) is 8.00. The Kier molecular flexibility index (Phi) is 16.4. The van der Waals surface area contributed by atoms with Gasteiger partial charge in [0.25, 0.3) is 0 Å². The minimum Gasteiger partial charge on any atom is -0.344 e. The molecule has 0 spiro atoms. The van der Waals surface area contributed by atoms with Crippen molar-refractivity contribution in [1.82, 2.24) is 6.15 Å². The molecule has 0 aromatic rings. The fourth-order valence-corrected chi connectivity index (χ4v) is 0. The molecule has 0 bridgehead atoms. The predicted molar refractivity (Wildman–Crippen MR) is 48.5 cm³/mol. The van der Waals surface area contributed by atoms with E-state index in [1.807, 2.05) is 0 Å². The van der Waals surface area contributed by atoms with E-state index in [1.54, 1.807) is 13.8 Å². The Morgan fingerprint density at radius 1 is 1.30 bits per heavy atom. The summed E-state index contributed by atoms with van der Waals surface area (Å²) in [5.41, 5.74) is 4.69. The van der Waals surface area contributed by atoms with Crippen molar-refractivity contribution in [3.05, 3.63) is 0 Å². The van der Waals surface area contributed by atoms with Crippen molar-refractivity contribution in [3.8, 4) is 0 Å². The molecule has 0 aliphatic carbocycles. The maximum atomic E-state index is 10.3. The monoisotopic (exact) mass is 190 g/mol. The van der Waals surface area contributed by atoms with E-state index in [2.05, 4.69) is 0 Å². The summed E-state index contributed by atoms with van der Waals surface area (Å²) in [4.78, 5) is 10.3. The summed E-state index contributed by atoms with van der Waals surface area (Å²) in [6.07, 6.45) is 0. The van der Waals surface area contributed by atoms with Gasteiger partial charge in [-0.2, -0.15) is 0 Å². The minimum atomic E-state index is -0.639. The van der Waals surface area contributed by atoms with Gasteiger partial charge < -0.3 is 11.9 Å². The van der Waals surface area contributed by atoms with E-state index in [4.69, 9.17) is 5.73 Å². The highest BCUT2D eigenvalue weighted by Crippen LogP contribution is 1.95. The zero-order valence-corrected chi connectivity index (χ0v) is 8.14. The van der Waals surface area contributed by atoms with Crippen LogP contribution in [0.2, 0.25) is 0 Å². The molecule has 5 heteroatoms. The van der Waals surface area contributed by atoms with Gasteiger partial charge in [0.05, 0.1) is 5.54 Å². The van der Waals surface area contributed by atoms with Gasteiger partial charge >= 0.3 is 0 Å². The summed E-state index contributed by atoms with van der Waals surface area (Å²) in [5.74, 6) is 0.0208. The molecule has 0 aromatic heterocycles. The van der Waals surface area contributed by atoms with Crippen LogP contribution >= 0.6 is 24.8 Å². The van der Waals surface area contributed by atoms with Crippen LogP contribution in [-0.2, 0) is 4.79 Å². The van der Waals surface area contributed by atoms with Gasteiger partial charge in [-0.1, -0.05) is 0 Å². The summed E-state index contributed by atoms with van der Waals surface area (Å²) in [6, 6.07) is 0. The molecule has 66 valence electrons. The Morgan fingerprint density at radius 2 is 1.40 bits per heavy atom. The van der Waals surface area contributed by atoms with Crippen molar-refractivity contribution in [3.63, 3.8) is 0 Å². The van der Waals surface area contributed by atoms with Gasteiger partial charge in [0.15, 0.2) is 0 Å². The SMILES string of the molecule is CC(=O)C(C)(C)N.Cl.Cl.N. The van der Waals surface area contributed by atoms with Crippen LogP contribution < -0.4 is 11.9 Å². The fraction of sp³-hybridized carbons (Fsp3) is 0.800. The van der Waals surface area contributed by atoms with Crippen LogP contribution in [0.3, 0.4) is 0 Å². The first-order valence-corrected chi connectivity index (χ1v) is 2.24. The van der Waals surface area contributed by atoms with E-state index >= 15 is 0 Å². The smallest absolute Gasteiger partial charge is 0.149 e. The Morgan fingerprint density at radius 3 is 1.40 bits per heavy atom. The number of ketones is 1. The summed E-state index contributed by atoms with van der Waals surface area (Å²) in [5, 5.41) is 0. The van der Waals surface area contributed by atoms with Gasteiger partial charge in [-0.3, -0.25) is 4.79 Å².